The number of benzene rings is 1. The Balaban J connectivity index is 2.10. The largest absolute Gasteiger partial charge is 0.371 e. The number of carbonyl (C=O) groups excluding carboxylic acids is 1. The normalized spacial score (nSPS) is 11.4. The summed E-state index contributed by atoms with van der Waals surface area (Å²) < 4.78 is 25.2. The molecule has 0 saturated heterocycles. The van der Waals surface area contributed by atoms with Gasteiger partial charge in [0.05, 0.1) is 16.8 Å². The van der Waals surface area contributed by atoms with Crippen molar-refractivity contribution >= 4 is 27.4 Å². The minimum absolute atomic E-state index is 0.140. The third-order valence-corrected chi connectivity index (χ3v) is 5.84. The van der Waals surface area contributed by atoms with Crippen LogP contribution in [-0.4, -0.2) is 50.8 Å². The van der Waals surface area contributed by atoms with Gasteiger partial charge < -0.3 is 10.2 Å². The fourth-order valence-electron chi connectivity index (χ4n) is 2.41. The van der Waals surface area contributed by atoms with Gasteiger partial charge in [0.15, 0.2) is 0 Å². The van der Waals surface area contributed by atoms with Crippen molar-refractivity contribution in [1.29, 1.82) is 0 Å². The van der Waals surface area contributed by atoms with E-state index in [4.69, 9.17) is 0 Å². The molecule has 2 rings (SSSR count). The number of carbonyl (C=O) groups is 1. The summed E-state index contributed by atoms with van der Waals surface area (Å²) in [7, 11) is -0.588. The van der Waals surface area contributed by atoms with Crippen LogP contribution >= 0.6 is 0 Å². The van der Waals surface area contributed by atoms with E-state index in [1.165, 1.54) is 38.4 Å². The van der Waals surface area contributed by atoms with Gasteiger partial charge in [0, 0.05) is 32.7 Å². The number of sulfonamides is 1. The minimum Gasteiger partial charge on any atom is -0.371 e. The monoisotopic (exact) mass is 376 g/mol. The lowest BCUT2D eigenvalue weighted by Crippen LogP contribution is -2.22. The zero-order valence-corrected chi connectivity index (χ0v) is 16.2. The number of hydrogen-bond acceptors (Lipinski definition) is 5. The van der Waals surface area contributed by atoms with E-state index in [2.05, 4.69) is 29.0 Å². The molecule has 0 unspecified atom stereocenters. The Morgan fingerprint density at radius 1 is 1.04 bits per heavy atom. The first-order chi connectivity index (χ1) is 12.3. The third kappa shape index (κ3) is 4.39. The van der Waals surface area contributed by atoms with Gasteiger partial charge in [-0.05, 0) is 50.2 Å². The van der Waals surface area contributed by atoms with Crippen LogP contribution in [0.15, 0.2) is 47.5 Å². The van der Waals surface area contributed by atoms with E-state index in [0.29, 0.717) is 11.4 Å². The molecule has 1 N–H and O–H groups in total. The molecular formula is C18H24N4O3S. The number of nitrogens with zero attached hydrogens (tertiary/aromatic N) is 3. The fraction of sp³-hybridized carbons (Fsp3) is 0.333. The second-order valence-electron chi connectivity index (χ2n) is 5.84. The SMILES string of the molecule is CCN(CC)c1ccc(NC(=O)c2ccc(S(=O)(=O)N(C)C)cc2)nc1. The first-order valence-corrected chi connectivity index (χ1v) is 9.78. The van der Waals surface area contributed by atoms with Crippen LogP contribution in [-0.2, 0) is 10.0 Å². The predicted octanol–water partition coefficient (Wildman–Crippen LogP) is 2.43. The van der Waals surface area contributed by atoms with Crippen LogP contribution in [0, 0.1) is 0 Å². The molecule has 0 aliphatic rings. The van der Waals surface area contributed by atoms with Crippen LogP contribution in [0.5, 0.6) is 0 Å². The fourth-order valence-corrected chi connectivity index (χ4v) is 3.32. The predicted molar refractivity (Wildman–Crippen MR) is 103 cm³/mol. The lowest BCUT2D eigenvalue weighted by molar-refractivity contribution is 0.102. The van der Waals surface area contributed by atoms with Gasteiger partial charge in [0.1, 0.15) is 5.82 Å². The molecule has 1 aromatic heterocycles. The molecule has 0 aliphatic heterocycles. The Hall–Kier alpha value is -2.45. The number of nitrogens with one attached hydrogen (secondary N) is 1. The Kier molecular flexibility index (Phi) is 6.33. The third-order valence-electron chi connectivity index (χ3n) is 4.01. The van der Waals surface area contributed by atoms with E-state index in [1.54, 1.807) is 12.3 Å². The summed E-state index contributed by atoms with van der Waals surface area (Å²) in [4.78, 5) is 18.9. The zero-order valence-electron chi connectivity index (χ0n) is 15.4. The molecule has 0 saturated carbocycles. The quantitative estimate of drug-likeness (QED) is 0.802. The average Bonchev–Trinajstić information content (AvgIpc) is 2.64. The van der Waals surface area contributed by atoms with Gasteiger partial charge in [-0.3, -0.25) is 4.79 Å². The van der Waals surface area contributed by atoms with Crippen molar-refractivity contribution < 1.29 is 13.2 Å². The van der Waals surface area contributed by atoms with Crippen LogP contribution in [0.2, 0.25) is 0 Å². The molecule has 0 atom stereocenters. The van der Waals surface area contributed by atoms with Gasteiger partial charge in [-0.15, -0.1) is 0 Å². The number of anilines is 2. The Labute approximate surface area is 154 Å². The van der Waals surface area contributed by atoms with Gasteiger partial charge in [-0.25, -0.2) is 17.7 Å². The Bertz CT molecular complexity index is 843. The number of amides is 1. The summed E-state index contributed by atoms with van der Waals surface area (Å²) in [5.41, 5.74) is 1.35. The summed E-state index contributed by atoms with van der Waals surface area (Å²) in [6.45, 7) is 5.90. The molecular weight excluding hydrogens is 352 g/mol. The standard InChI is InChI=1S/C18H24N4O3S/c1-5-22(6-2)15-9-12-17(19-13-15)20-18(23)14-7-10-16(11-8-14)26(24,25)21(3)4/h7-13H,5-6H2,1-4H3,(H,19,20,23). The average molecular weight is 376 g/mol. The van der Waals surface area contributed by atoms with Crippen LogP contribution in [0.1, 0.15) is 24.2 Å². The zero-order chi connectivity index (χ0) is 19.3. The number of pyridine rings is 1. The smallest absolute Gasteiger partial charge is 0.256 e. The molecule has 1 aromatic carbocycles. The highest BCUT2D eigenvalue weighted by molar-refractivity contribution is 7.89. The molecule has 26 heavy (non-hydrogen) atoms. The highest BCUT2D eigenvalue weighted by Crippen LogP contribution is 2.17. The van der Waals surface area contributed by atoms with Crippen LogP contribution < -0.4 is 10.2 Å². The highest BCUT2D eigenvalue weighted by Gasteiger charge is 2.17. The van der Waals surface area contributed by atoms with E-state index in [1.807, 2.05) is 6.07 Å². The van der Waals surface area contributed by atoms with Gasteiger partial charge in [0.2, 0.25) is 10.0 Å². The second-order valence-corrected chi connectivity index (χ2v) is 7.99. The van der Waals surface area contributed by atoms with E-state index in [-0.39, 0.29) is 10.8 Å². The summed E-state index contributed by atoms with van der Waals surface area (Å²) in [5, 5.41) is 2.71. The maximum atomic E-state index is 12.3. The summed E-state index contributed by atoms with van der Waals surface area (Å²) in [6, 6.07) is 9.45. The van der Waals surface area contributed by atoms with Gasteiger partial charge in [-0.2, -0.15) is 0 Å². The minimum atomic E-state index is -3.51. The molecule has 140 valence electrons. The van der Waals surface area contributed by atoms with Crippen molar-refractivity contribution in [3.05, 3.63) is 48.2 Å². The molecule has 7 nitrogen and oxygen atoms in total. The highest BCUT2D eigenvalue weighted by atomic mass is 32.2. The maximum Gasteiger partial charge on any atom is 0.256 e. The van der Waals surface area contributed by atoms with E-state index in [9.17, 15) is 13.2 Å². The van der Waals surface area contributed by atoms with Crippen molar-refractivity contribution in [3.63, 3.8) is 0 Å². The van der Waals surface area contributed by atoms with Crippen molar-refractivity contribution in [2.24, 2.45) is 0 Å². The number of aromatic nitrogens is 1. The van der Waals surface area contributed by atoms with Crippen LogP contribution in [0.25, 0.3) is 0 Å². The van der Waals surface area contributed by atoms with Crippen molar-refractivity contribution in [2.75, 3.05) is 37.4 Å². The lowest BCUT2D eigenvalue weighted by atomic mass is 10.2. The Morgan fingerprint density at radius 3 is 2.12 bits per heavy atom. The van der Waals surface area contributed by atoms with Gasteiger partial charge in [0.25, 0.3) is 5.91 Å². The molecule has 0 fully saturated rings. The van der Waals surface area contributed by atoms with Crippen molar-refractivity contribution in [3.8, 4) is 0 Å². The Morgan fingerprint density at radius 2 is 1.65 bits per heavy atom. The summed E-state index contributed by atoms with van der Waals surface area (Å²) >= 11 is 0. The molecule has 8 heteroatoms. The molecule has 0 aliphatic carbocycles. The molecule has 0 spiro atoms. The van der Waals surface area contributed by atoms with Crippen LogP contribution in [0.4, 0.5) is 11.5 Å². The topological polar surface area (TPSA) is 82.6 Å². The number of rotatable bonds is 7. The summed E-state index contributed by atoms with van der Waals surface area (Å²) in [5.74, 6) is 0.0952. The first-order valence-electron chi connectivity index (χ1n) is 8.34. The molecule has 0 bridgehead atoms. The van der Waals surface area contributed by atoms with Gasteiger partial charge >= 0.3 is 0 Å². The molecule has 1 heterocycles. The van der Waals surface area contributed by atoms with Gasteiger partial charge in [-0.1, -0.05) is 0 Å². The molecule has 1 amide bonds. The van der Waals surface area contributed by atoms with Crippen molar-refractivity contribution in [2.45, 2.75) is 18.7 Å². The van der Waals surface area contributed by atoms with Crippen molar-refractivity contribution in [1.82, 2.24) is 9.29 Å². The first kappa shape index (κ1) is 19.9. The van der Waals surface area contributed by atoms with E-state index < -0.39 is 10.0 Å². The molecule has 2 aromatic rings. The van der Waals surface area contributed by atoms with E-state index >= 15 is 0 Å². The summed E-state index contributed by atoms with van der Waals surface area (Å²) in [6.07, 6.45) is 1.72. The molecule has 0 radical (unpaired) electrons. The second kappa shape index (κ2) is 8.29. The number of hydrogen-bond donors (Lipinski definition) is 1. The lowest BCUT2D eigenvalue weighted by Gasteiger charge is -2.20. The maximum absolute atomic E-state index is 12.3. The van der Waals surface area contributed by atoms with Crippen LogP contribution in [0.3, 0.4) is 0 Å². The van der Waals surface area contributed by atoms with E-state index in [0.717, 1.165) is 23.1 Å².